The van der Waals surface area contributed by atoms with Crippen LogP contribution in [-0.2, 0) is 4.79 Å². The summed E-state index contributed by atoms with van der Waals surface area (Å²) in [6.07, 6.45) is 0. The first-order valence-corrected chi connectivity index (χ1v) is 11.8. The van der Waals surface area contributed by atoms with Gasteiger partial charge >= 0.3 is 0 Å². The van der Waals surface area contributed by atoms with E-state index < -0.39 is 0 Å². The molecule has 178 valence electrons. The number of benzene rings is 2. The van der Waals surface area contributed by atoms with Gasteiger partial charge in [0.25, 0.3) is 5.91 Å². The summed E-state index contributed by atoms with van der Waals surface area (Å²) in [6, 6.07) is 10.6. The van der Waals surface area contributed by atoms with Crippen molar-refractivity contribution in [2.75, 3.05) is 49.6 Å². The summed E-state index contributed by atoms with van der Waals surface area (Å²) in [5.74, 6) is 0.994. The van der Waals surface area contributed by atoms with Gasteiger partial charge in [-0.3, -0.25) is 9.59 Å². The lowest BCUT2D eigenvalue weighted by atomic mass is 10.1. The van der Waals surface area contributed by atoms with Crippen LogP contribution >= 0.6 is 11.6 Å². The molecule has 1 aliphatic heterocycles. The number of piperazine rings is 1. The number of carbonyl (C=O) groups is 2. The Morgan fingerprint density at radius 3 is 2.15 bits per heavy atom. The maximum Gasteiger partial charge on any atom is 0.255 e. The lowest BCUT2D eigenvalue weighted by molar-refractivity contribution is -0.134. The number of nitrogens with one attached hydrogen (secondary N) is 1. The first-order valence-electron chi connectivity index (χ1n) is 11.4. The Morgan fingerprint density at radius 2 is 1.61 bits per heavy atom. The fraction of sp³-hybridized carbons (Fsp3) is 0.440. The largest absolute Gasteiger partial charge is 0.494 e. The van der Waals surface area contributed by atoms with Crippen LogP contribution in [0.25, 0.3) is 0 Å². The molecule has 8 heteroatoms. The minimum atomic E-state index is -0.283. The zero-order valence-corrected chi connectivity index (χ0v) is 20.4. The van der Waals surface area contributed by atoms with Gasteiger partial charge in [0.15, 0.2) is 0 Å². The summed E-state index contributed by atoms with van der Waals surface area (Å²) in [4.78, 5) is 29.5. The normalized spacial score (nSPS) is 13.8. The van der Waals surface area contributed by atoms with Gasteiger partial charge in [0.1, 0.15) is 11.5 Å². The zero-order valence-electron chi connectivity index (χ0n) is 19.7. The van der Waals surface area contributed by atoms with E-state index in [2.05, 4.69) is 10.2 Å². The summed E-state index contributed by atoms with van der Waals surface area (Å²) < 4.78 is 11.2. The van der Waals surface area contributed by atoms with E-state index in [9.17, 15) is 9.59 Å². The molecule has 0 atom stereocenters. The van der Waals surface area contributed by atoms with Crippen molar-refractivity contribution >= 4 is 34.8 Å². The Labute approximate surface area is 200 Å². The van der Waals surface area contributed by atoms with Gasteiger partial charge < -0.3 is 24.6 Å². The van der Waals surface area contributed by atoms with Crippen molar-refractivity contribution in [1.82, 2.24) is 4.90 Å². The highest BCUT2D eigenvalue weighted by molar-refractivity contribution is 6.34. The average Bonchev–Trinajstić information content (AvgIpc) is 2.79. The molecule has 0 unspecified atom stereocenters. The molecule has 0 saturated carbocycles. The molecule has 7 nitrogen and oxygen atoms in total. The number of nitrogens with zero attached hydrogens (tertiary/aromatic N) is 2. The van der Waals surface area contributed by atoms with Gasteiger partial charge in [-0.1, -0.05) is 31.5 Å². The smallest absolute Gasteiger partial charge is 0.255 e. The van der Waals surface area contributed by atoms with Crippen LogP contribution in [0.4, 0.5) is 11.4 Å². The fourth-order valence-corrected chi connectivity index (χ4v) is 4.14. The first kappa shape index (κ1) is 24.7. The predicted molar refractivity (Wildman–Crippen MR) is 132 cm³/mol. The number of carbonyl (C=O) groups excluding carboxylic acids is 2. The van der Waals surface area contributed by atoms with Crippen LogP contribution < -0.4 is 19.7 Å². The van der Waals surface area contributed by atoms with Gasteiger partial charge in [-0.25, -0.2) is 0 Å². The van der Waals surface area contributed by atoms with Crippen molar-refractivity contribution < 1.29 is 19.1 Å². The van der Waals surface area contributed by atoms with Gasteiger partial charge in [0.05, 0.1) is 29.6 Å². The van der Waals surface area contributed by atoms with Crippen molar-refractivity contribution in [3.05, 3.63) is 47.0 Å². The van der Waals surface area contributed by atoms with Crippen molar-refractivity contribution in [1.29, 1.82) is 0 Å². The van der Waals surface area contributed by atoms with E-state index in [4.69, 9.17) is 21.1 Å². The Balaban J connectivity index is 1.81. The van der Waals surface area contributed by atoms with Gasteiger partial charge in [0.2, 0.25) is 5.91 Å². The van der Waals surface area contributed by atoms with Crippen LogP contribution in [0.2, 0.25) is 5.02 Å². The van der Waals surface area contributed by atoms with E-state index in [1.807, 2.05) is 44.7 Å². The van der Waals surface area contributed by atoms with E-state index in [0.29, 0.717) is 67.2 Å². The van der Waals surface area contributed by atoms with Gasteiger partial charge in [-0.05, 0) is 38.1 Å². The minimum absolute atomic E-state index is 0.0271. The number of hydrogen-bond acceptors (Lipinski definition) is 5. The second kappa shape index (κ2) is 11.3. The Bertz CT molecular complexity index is 963. The van der Waals surface area contributed by atoms with E-state index in [-0.39, 0.29) is 17.7 Å². The van der Waals surface area contributed by atoms with Crippen LogP contribution in [0.5, 0.6) is 11.5 Å². The summed E-state index contributed by atoms with van der Waals surface area (Å²) >= 11 is 6.56. The molecule has 0 aromatic heterocycles. The SMILES string of the molecule is CCOc1cc(OCC)cc(C(=O)Nc2cccc(Cl)c2N2CCN(C(=O)C(C)C)CC2)c1. The quantitative estimate of drug-likeness (QED) is 0.602. The number of amides is 2. The summed E-state index contributed by atoms with van der Waals surface area (Å²) in [7, 11) is 0. The molecular weight excluding hydrogens is 442 g/mol. The highest BCUT2D eigenvalue weighted by atomic mass is 35.5. The Morgan fingerprint density at radius 1 is 1.00 bits per heavy atom. The summed E-state index contributed by atoms with van der Waals surface area (Å²) in [5.41, 5.74) is 1.81. The lowest BCUT2D eigenvalue weighted by Crippen LogP contribution is -2.50. The van der Waals surface area contributed by atoms with E-state index in [1.54, 1.807) is 24.3 Å². The molecule has 3 rings (SSSR count). The van der Waals surface area contributed by atoms with Gasteiger partial charge in [-0.2, -0.15) is 0 Å². The van der Waals surface area contributed by atoms with Crippen LogP contribution in [0.15, 0.2) is 36.4 Å². The second-order valence-corrected chi connectivity index (χ2v) is 8.52. The fourth-order valence-electron chi connectivity index (χ4n) is 3.85. The van der Waals surface area contributed by atoms with Crippen molar-refractivity contribution in [3.63, 3.8) is 0 Å². The van der Waals surface area contributed by atoms with Gasteiger partial charge in [-0.15, -0.1) is 0 Å². The lowest BCUT2D eigenvalue weighted by Gasteiger charge is -2.38. The van der Waals surface area contributed by atoms with E-state index in [0.717, 1.165) is 5.69 Å². The summed E-state index contributed by atoms with van der Waals surface area (Å²) in [6.45, 7) is 11.1. The maximum atomic E-state index is 13.2. The zero-order chi connectivity index (χ0) is 24.0. The van der Waals surface area contributed by atoms with Gasteiger partial charge in [0, 0.05) is 43.7 Å². The number of para-hydroxylation sites is 1. The molecule has 1 heterocycles. The van der Waals surface area contributed by atoms with E-state index in [1.165, 1.54) is 0 Å². The molecule has 0 aliphatic carbocycles. The topological polar surface area (TPSA) is 71.1 Å². The second-order valence-electron chi connectivity index (χ2n) is 8.12. The minimum Gasteiger partial charge on any atom is -0.494 e. The maximum absolute atomic E-state index is 13.2. The number of anilines is 2. The van der Waals surface area contributed by atoms with Crippen molar-refractivity contribution in [2.45, 2.75) is 27.7 Å². The van der Waals surface area contributed by atoms with Crippen molar-refractivity contribution in [2.24, 2.45) is 5.92 Å². The number of rotatable bonds is 8. The Kier molecular flexibility index (Phi) is 8.44. The third-order valence-corrected chi connectivity index (χ3v) is 5.71. The molecule has 2 aromatic rings. The molecule has 1 aliphatic rings. The Hall–Kier alpha value is -2.93. The third kappa shape index (κ3) is 6.11. The van der Waals surface area contributed by atoms with Crippen LogP contribution in [0.1, 0.15) is 38.1 Å². The molecule has 2 amide bonds. The summed E-state index contributed by atoms with van der Waals surface area (Å²) in [5, 5.41) is 3.55. The standard InChI is InChI=1S/C25H32ClN3O4/c1-5-32-19-14-18(15-20(16-19)33-6-2)24(30)27-22-9-7-8-21(26)23(22)28-10-12-29(13-11-28)25(31)17(3)4/h7-9,14-17H,5-6,10-13H2,1-4H3,(H,27,30). The highest BCUT2D eigenvalue weighted by Gasteiger charge is 2.26. The number of ether oxygens (including phenoxy) is 2. The molecule has 1 fully saturated rings. The highest BCUT2D eigenvalue weighted by Crippen LogP contribution is 2.35. The molecule has 0 radical (unpaired) electrons. The average molecular weight is 474 g/mol. The first-order chi connectivity index (χ1) is 15.8. The predicted octanol–water partition coefficient (Wildman–Crippen LogP) is 4.69. The van der Waals surface area contributed by atoms with Crippen molar-refractivity contribution in [3.8, 4) is 11.5 Å². The van der Waals surface area contributed by atoms with Crippen LogP contribution in [0, 0.1) is 5.92 Å². The van der Waals surface area contributed by atoms with Crippen LogP contribution in [0.3, 0.4) is 0 Å². The molecule has 1 saturated heterocycles. The third-order valence-electron chi connectivity index (χ3n) is 5.40. The molecule has 0 bridgehead atoms. The number of halogens is 1. The van der Waals surface area contributed by atoms with Crippen LogP contribution in [-0.4, -0.2) is 56.1 Å². The van der Waals surface area contributed by atoms with E-state index >= 15 is 0 Å². The molecule has 33 heavy (non-hydrogen) atoms. The molecular formula is C25H32ClN3O4. The molecule has 1 N–H and O–H groups in total. The monoisotopic (exact) mass is 473 g/mol. The number of hydrogen-bond donors (Lipinski definition) is 1. The molecule has 2 aromatic carbocycles. The molecule has 0 spiro atoms.